The summed E-state index contributed by atoms with van der Waals surface area (Å²) in [6, 6.07) is 15.6. The van der Waals surface area contributed by atoms with Crippen LogP contribution in [0.1, 0.15) is 34.8 Å². The number of hydrogen-bond acceptors (Lipinski definition) is 1. The third-order valence-electron chi connectivity index (χ3n) is 2.90. The van der Waals surface area contributed by atoms with E-state index < -0.39 is 0 Å². The fourth-order valence-electron chi connectivity index (χ4n) is 2.02. The van der Waals surface area contributed by atoms with Gasteiger partial charge in [-0.1, -0.05) is 49.7 Å². The predicted octanol–water partition coefficient (Wildman–Crippen LogP) is 4.47. The van der Waals surface area contributed by atoms with Crippen molar-refractivity contribution in [3.63, 3.8) is 0 Å². The minimum Gasteiger partial charge on any atom is -0.289 e. The highest BCUT2D eigenvalue weighted by atomic mass is 127. The first kappa shape index (κ1) is 13.3. The van der Waals surface area contributed by atoms with Crippen molar-refractivity contribution in [2.75, 3.05) is 0 Å². The molecule has 0 heterocycles. The molecule has 92 valence electrons. The first-order chi connectivity index (χ1) is 8.74. The van der Waals surface area contributed by atoms with Crippen LogP contribution in [-0.4, -0.2) is 5.78 Å². The molecule has 0 fully saturated rings. The average molecular weight is 350 g/mol. The number of carbonyl (C=O) groups is 1. The van der Waals surface area contributed by atoms with Crippen LogP contribution in [0.15, 0.2) is 48.5 Å². The van der Waals surface area contributed by atoms with E-state index in [0.29, 0.717) is 0 Å². The molecule has 2 rings (SSSR count). The molecule has 0 atom stereocenters. The highest BCUT2D eigenvalue weighted by Gasteiger charge is 2.14. The fourth-order valence-corrected chi connectivity index (χ4v) is 2.65. The van der Waals surface area contributed by atoms with E-state index in [1.165, 1.54) is 0 Å². The molecule has 0 aliphatic heterocycles. The van der Waals surface area contributed by atoms with Gasteiger partial charge in [-0.3, -0.25) is 4.79 Å². The third-order valence-corrected chi connectivity index (χ3v) is 3.84. The molecule has 0 bridgehead atoms. The maximum atomic E-state index is 12.6. The zero-order valence-electron chi connectivity index (χ0n) is 10.3. The second-order valence-electron chi connectivity index (χ2n) is 4.22. The molecule has 2 aromatic carbocycles. The zero-order chi connectivity index (χ0) is 13.0. The molecular formula is C16H15IO. The maximum absolute atomic E-state index is 12.6. The average Bonchev–Trinajstić information content (AvgIpc) is 2.40. The van der Waals surface area contributed by atoms with Crippen LogP contribution in [0.3, 0.4) is 0 Å². The van der Waals surface area contributed by atoms with Gasteiger partial charge in [0.15, 0.2) is 5.78 Å². The second-order valence-corrected chi connectivity index (χ2v) is 5.38. The summed E-state index contributed by atoms with van der Waals surface area (Å²) in [7, 11) is 0. The molecule has 18 heavy (non-hydrogen) atoms. The van der Waals surface area contributed by atoms with E-state index in [-0.39, 0.29) is 5.78 Å². The SMILES string of the molecule is CCCc1ccccc1C(=O)c1ccccc1I. The highest BCUT2D eigenvalue weighted by molar-refractivity contribution is 14.1. The van der Waals surface area contributed by atoms with Gasteiger partial charge < -0.3 is 0 Å². The van der Waals surface area contributed by atoms with E-state index >= 15 is 0 Å². The van der Waals surface area contributed by atoms with Gasteiger partial charge in [0, 0.05) is 14.7 Å². The van der Waals surface area contributed by atoms with Gasteiger partial charge in [0.25, 0.3) is 0 Å². The van der Waals surface area contributed by atoms with Gasteiger partial charge >= 0.3 is 0 Å². The Kier molecular flexibility index (Phi) is 4.53. The van der Waals surface area contributed by atoms with Crippen LogP contribution in [0.4, 0.5) is 0 Å². The number of benzene rings is 2. The monoisotopic (exact) mass is 350 g/mol. The highest BCUT2D eigenvalue weighted by Crippen LogP contribution is 2.19. The van der Waals surface area contributed by atoms with Crippen LogP contribution in [0.2, 0.25) is 0 Å². The quantitative estimate of drug-likeness (QED) is 0.587. The number of rotatable bonds is 4. The summed E-state index contributed by atoms with van der Waals surface area (Å²) in [5.41, 5.74) is 2.77. The molecule has 2 aromatic rings. The number of aryl methyl sites for hydroxylation is 1. The van der Waals surface area contributed by atoms with E-state index in [2.05, 4.69) is 29.5 Å². The summed E-state index contributed by atoms with van der Waals surface area (Å²) >= 11 is 2.21. The largest absolute Gasteiger partial charge is 0.289 e. The summed E-state index contributed by atoms with van der Waals surface area (Å²) in [4.78, 5) is 12.6. The smallest absolute Gasteiger partial charge is 0.194 e. The molecule has 0 aliphatic rings. The summed E-state index contributed by atoms with van der Waals surface area (Å²) in [5.74, 6) is 0.129. The first-order valence-electron chi connectivity index (χ1n) is 6.11. The molecule has 0 amide bonds. The van der Waals surface area contributed by atoms with Gasteiger partial charge in [-0.2, -0.15) is 0 Å². The van der Waals surface area contributed by atoms with Crippen LogP contribution in [0.5, 0.6) is 0 Å². The zero-order valence-corrected chi connectivity index (χ0v) is 12.5. The molecule has 0 unspecified atom stereocenters. The van der Waals surface area contributed by atoms with Crippen molar-refractivity contribution in [2.24, 2.45) is 0 Å². The normalized spacial score (nSPS) is 10.3. The molecule has 0 N–H and O–H groups in total. The first-order valence-corrected chi connectivity index (χ1v) is 7.19. The molecule has 0 spiro atoms. The summed E-state index contributed by atoms with van der Waals surface area (Å²) < 4.78 is 1.01. The predicted molar refractivity (Wildman–Crippen MR) is 83.0 cm³/mol. The van der Waals surface area contributed by atoms with Gasteiger partial charge in [-0.05, 0) is 46.7 Å². The Labute approximate surface area is 121 Å². The van der Waals surface area contributed by atoms with Crippen molar-refractivity contribution in [2.45, 2.75) is 19.8 Å². The van der Waals surface area contributed by atoms with Crippen LogP contribution < -0.4 is 0 Å². The third kappa shape index (κ3) is 2.80. The Morgan fingerprint density at radius 2 is 1.61 bits per heavy atom. The van der Waals surface area contributed by atoms with Crippen LogP contribution in [-0.2, 0) is 6.42 Å². The minimum absolute atomic E-state index is 0.129. The Balaban J connectivity index is 2.43. The van der Waals surface area contributed by atoms with E-state index in [0.717, 1.165) is 33.1 Å². The Morgan fingerprint density at radius 1 is 1.00 bits per heavy atom. The maximum Gasteiger partial charge on any atom is 0.194 e. The van der Waals surface area contributed by atoms with Gasteiger partial charge in [0.05, 0.1) is 0 Å². The number of carbonyl (C=O) groups excluding carboxylic acids is 1. The van der Waals surface area contributed by atoms with E-state index in [1.54, 1.807) is 0 Å². The topological polar surface area (TPSA) is 17.1 Å². The van der Waals surface area contributed by atoms with Gasteiger partial charge in [-0.15, -0.1) is 0 Å². The van der Waals surface area contributed by atoms with Gasteiger partial charge in [0.2, 0.25) is 0 Å². The molecule has 0 radical (unpaired) electrons. The molecule has 0 aliphatic carbocycles. The summed E-state index contributed by atoms with van der Waals surface area (Å²) in [5, 5.41) is 0. The van der Waals surface area contributed by atoms with Gasteiger partial charge in [0.1, 0.15) is 0 Å². The van der Waals surface area contributed by atoms with Crippen LogP contribution >= 0.6 is 22.6 Å². The number of hydrogen-bond donors (Lipinski definition) is 0. The van der Waals surface area contributed by atoms with E-state index in [9.17, 15) is 4.79 Å². The summed E-state index contributed by atoms with van der Waals surface area (Å²) in [6.07, 6.45) is 2.00. The molecular weight excluding hydrogens is 335 g/mol. The van der Waals surface area contributed by atoms with Crippen molar-refractivity contribution in [1.82, 2.24) is 0 Å². The standard InChI is InChI=1S/C16H15IO/c1-2-7-12-8-3-4-9-13(12)16(18)14-10-5-6-11-15(14)17/h3-6,8-11H,2,7H2,1H3. The van der Waals surface area contributed by atoms with E-state index in [1.807, 2.05) is 48.5 Å². The Morgan fingerprint density at radius 3 is 2.28 bits per heavy atom. The molecule has 0 aromatic heterocycles. The lowest BCUT2D eigenvalue weighted by Gasteiger charge is -2.08. The molecule has 0 saturated heterocycles. The van der Waals surface area contributed by atoms with Crippen molar-refractivity contribution in [1.29, 1.82) is 0 Å². The lowest BCUT2D eigenvalue weighted by molar-refractivity contribution is 0.103. The molecule has 2 heteroatoms. The van der Waals surface area contributed by atoms with Crippen molar-refractivity contribution >= 4 is 28.4 Å². The minimum atomic E-state index is 0.129. The van der Waals surface area contributed by atoms with Crippen molar-refractivity contribution in [3.8, 4) is 0 Å². The summed E-state index contributed by atoms with van der Waals surface area (Å²) in [6.45, 7) is 2.13. The number of ketones is 1. The molecule has 0 saturated carbocycles. The van der Waals surface area contributed by atoms with Crippen molar-refractivity contribution < 1.29 is 4.79 Å². The number of halogens is 1. The van der Waals surface area contributed by atoms with Crippen molar-refractivity contribution in [3.05, 3.63) is 68.8 Å². The van der Waals surface area contributed by atoms with E-state index in [4.69, 9.17) is 0 Å². The van der Waals surface area contributed by atoms with Crippen LogP contribution in [0, 0.1) is 3.57 Å². The fraction of sp³-hybridized carbons (Fsp3) is 0.188. The Hall–Kier alpha value is -1.16. The Bertz CT molecular complexity index is 561. The second kappa shape index (κ2) is 6.14. The lowest BCUT2D eigenvalue weighted by Crippen LogP contribution is -2.07. The molecule has 1 nitrogen and oxygen atoms in total. The lowest BCUT2D eigenvalue weighted by atomic mass is 9.96. The van der Waals surface area contributed by atoms with Crippen LogP contribution in [0.25, 0.3) is 0 Å². The van der Waals surface area contributed by atoms with Gasteiger partial charge in [-0.25, -0.2) is 0 Å².